The van der Waals surface area contributed by atoms with Gasteiger partial charge in [0, 0.05) is 13.2 Å². The van der Waals surface area contributed by atoms with Gasteiger partial charge < -0.3 is 4.74 Å². The smallest absolute Gasteiger partial charge is 0.102 e. The van der Waals surface area contributed by atoms with Gasteiger partial charge >= 0.3 is 0 Å². The molecular weight excluding hydrogens is 180 g/mol. The average Bonchev–Trinajstić information content (AvgIpc) is 2.50. The van der Waals surface area contributed by atoms with E-state index in [9.17, 15) is 0 Å². The molecule has 1 aromatic rings. The number of aromatic nitrogens is 3. The molecule has 0 unspecified atom stereocenters. The molecule has 0 radical (unpaired) electrons. The Morgan fingerprint density at radius 2 is 2.29 bits per heavy atom. The zero-order valence-electron chi connectivity index (χ0n) is 8.69. The highest BCUT2D eigenvalue weighted by molar-refractivity contribution is 5.13. The Kier molecular flexibility index (Phi) is 3.60. The molecule has 1 heterocycles. The highest BCUT2D eigenvalue weighted by Crippen LogP contribution is 2.12. The molecule has 0 aliphatic carbocycles. The van der Waals surface area contributed by atoms with Crippen LogP contribution in [0.2, 0.25) is 0 Å². The van der Waals surface area contributed by atoms with E-state index in [2.05, 4.69) is 16.4 Å². The number of nitriles is 1. The maximum atomic E-state index is 8.59. The Balaban J connectivity index is 3.01. The van der Waals surface area contributed by atoms with E-state index in [1.807, 2.05) is 13.8 Å². The van der Waals surface area contributed by atoms with Crippen molar-refractivity contribution in [2.45, 2.75) is 32.9 Å². The molecule has 1 rings (SSSR count). The fourth-order valence-electron chi connectivity index (χ4n) is 1.26. The molecule has 0 amide bonds. The van der Waals surface area contributed by atoms with Crippen molar-refractivity contribution in [1.29, 1.82) is 5.26 Å². The summed E-state index contributed by atoms with van der Waals surface area (Å²) in [6.07, 6.45) is 0.283. The number of ether oxygens (including phenoxy) is 1. The molecule has 0 fully saturated rings. The summed E-state index contributed by atoms with van der Waals surface area (Å²) in [5.74, 6) is 0. The lowest BCUT2D eigenvalue weighted by Crippen LogP contribution is -2.09. The van der Waals surface area contributed by atoms with Crippen LogP contribution in [0.3, 0.4) is 0 Å². The molecular formula is C9H14N4O. The lowest BCUT2D eigenvalue weighted by atomic mass is 10.2. The summed E-state index contributed by atoms with van der Waals surface area (Å²) in [7, 11) is 1.62. The van der Waals surface area contributed by atoms with Gasteiger partial charge in [0.25, 0.3) is 0 Å². The first-order chi connectivity index (χ1) is 6.70. The Morgan fingerprint density at radius 1 is 1.57 bits per heavy atom. The van der Waals surface area contributed by atoms with Gasteiger partial charge in [-0.3, -0.25) is 0 Å². The van der Waals surface area contributed by atoms with Crippen LogP contribution in [0, 0.1) is 11.3 Å². The standard InChI is InChI=1S/C9H14N4O/c1-7(2)13-9(6-14-3)8(4-5-10)11-12-13/h7H,4,6H2,1-3H3. The quantitative estimate of drug-likeness (QED) is 0.719. The predicted octanol–water partition coefficient (Wildman–Crippen LogP) is 1.07. The monoisotopic (exact) mass is 194 g/mol. The molecule has 1 aromatic heterocycles. The molecule has 14 heavy (non-hydrogen) atoms. The van der Waals surface area contributed by atoms with Crippen molar-refractivity contribution in [3.8, 4) is 6.07 Å². The Labute approximate surface area is 83.3 Å². The fourth-order valence-corrected chi connectivity index (χ4v) is 1.26. The van der Waals surface area contributed by atoms with Crippen LogP contribution in [-0.4, -0.2) is 22.1 Å². The lowest BCUT2D eigenvalue weighted by Gasteiger charge is -2.09. The fraction of sp³-hybridized carbons (Fsp3) is 0.667. The van der Waals surface area contributed by atoms with Gasteiger partial charge in [0.1, 0.15) is 5.69 Å². The summed E-state index contributed by atoms with van der Waals surface area (Å²) < 4.78 is 6.84. The molecule has 0 bridgehead atoms. The summed E-state index contributed by atoms with van der Waals surface area (Å²) in [6, 6.07) is 2.30. The van der Waals surface area contributed by atoms with Crippen LogP contribution in [0.25, 0.3) is 0 Å². The minimum absolute atomic E-state index is 0.236. The van der Waals surface area contributed by atoms with Gasteiger partial charge in [-0.2, -0.15) is 5.26 Å². The second kappa shape index (κ2) is 4.72. The number of hydrogen-bond acceptors (Lipinski definition) is 4. The molecule has 0 spiro atoms. The van der Waals surface area contributed by atoms with Crippen LogP contribution in [0.15, 0.2) is 0 Å². The number of hydrogen-bond donors (Lipinski definition) is 0. The highest BCUT2D eigenvalue weighted by atomic mass is 16.5. The van der Waals surface area contributed by atoms with Crippen molar-refractivity contribution in [2.75, 3.05) is 7.11 Å². The topological polar surface area (TPSA) is 63.7 Å². The zero-order chi connectivity index (χ0) is 10.6. The molecule has 0 atom stereocenters. The van der Waals surface area contributed by atoms with Gasteiger partial charge in [-0.25, -0.2) is 4.68 Å². The van der Waals surface area contributed by atoms with E-state index in [0.717, 1.165) is 5.69 Å². The SMILES string of the molecule is COCc1c(CC#N)nnn1C(C)C. The maximum absolute atomic E-state index is 8.59. The van der Waals surface area contributed by atoms with E-state index in [-0.39, 0.29) is 12.5 Å². The number of methoxy groups -OCH3 is 1. The molecule has 0 aliphatic heterocycles. The zero-order valence-corrected chi connectivity index (χ0v) is 8.69. The molecule has 76 valence electrons. The number of rotatable bonds is 4. The van der Waals surface area contributed by atoms with E-state index in [0.29, 0.717) is 12.3 Å². The van der Waals surface area contributed by atoms with Crippen LogP contribution >= 0.6 is 0 Å². The molecule has 5 heteroatoms. The third-order valence-electron chi connectivity index (χ3n) is 1.89. The summed E-state index contributed by atoms with van der Waals surface area (Å²) >= 11 is 0. The summed E-state index contributed by atoms with van der Waals surface area (Å²) in [6.45, 7) is 4.48. The number of nitrogens with zero attached hydrogens (tertiary/aromatic N) is 4. The van der Waals surface area contributed by atoms with Crippen molar-refractivity contribution in [3.05, 3.63) is 11.4 Å². The maximum Gasteiger partial charge on any atom is 0.102 e. The molecule has 0 aliphatic rings. The van der Waals surface area contributed by atoms with Crippen molar-refractivity contribution >= 4 is 0 Å². The van der Waals surface area contributed by atoms with Crippen LogP contribution < -0.4 is 0 Å². The van der Waals surface area contributed by atoms with E-state index >= 15 is 0 Å². The van der Waals surface area contributed by atoms with E-state index in [4.69, 9.17) is 10.00 Å². The van der Waals surface area contributed by atoms with Gasteiger partial charge in [0.2, 0.25) is 0 Å². The lowest BCUT2D eigenvalue weighted by molar-refractivity contribution is 0.174. The minimum Gasteiger partial charge on any atom is -0.378 e. The second-order valence-electron chi connectivity index (χ2n) is 3.29. The van der Waals surface area contributed by atoms with Crippen molar-refractivity contribution in [1.82, 2.24) is 15.0 Å². The second-order valence-corrected chi connectivity index (χ2v) is 3.29. The van der Waals surface area contributed by atoms with Crippen molar-refractivity contribution < 1.29 is 4.74 Å². The first kappa shape index (κ1) is 10.7. The Hall–Kier alpha value is -1.41. The summed E-state index contributed by atoms with van der Waals surface area (Å²) in [5.41, 5.74) is 1.60. The minimum atomic E-state index is 0.236. The normalized spacial score (nSPS) is 10.5. The first-order valence-electron chi connectivity index (χ1n) is 4.49. The van der Waals surface area contributed by atoms with Crippen LogP contribution in [0.5, 0.6) is 0 Å². The third-order valence-corrected chi connectivity index (χ3v) is 1.89. The Morgan fingerprint density at radius 3 is 2.79 bits per heavy atom. The molecule has 0 aromatic carbocycles. The van der Waals surface area contributed by atoms with E-state index < -0.39 is 0 Å². The third kappa shape index (κ3) is 2.09. The van der Waals surface area contributed by atoms with Crippen LogP contribution in [-0.2, 0) is 17.8 Å². The van der Waals surface area contributed by atoms with Gasteiger partial charge in [-0.15, -0.1) is 5.10 Å². The largest absolute Gasteiger partial charge is 0.378 e. The van der Waals surface area contributed by atoms with Gasteiger partial charge in [-0.05, 0) is 13.8 Å². The van der Waals surface area contributed by atoms with Gasteiger partial charge in [-0.1, -0.05) is 5.21 Å². The Bertz CT molecular complexity index is 337. The van der Waals surface area contributed by atoms with Gasteiger partial charge in [0.05, 0.1) is 24.8 Å². The van der Waals surface area contributed by atoms with Crippen molar-refractivity contribution in [2.24, 2.45) is 0 Å². The highest BCUT2D eigenvalue weighted by Gasteiger charge is 2.13. The molecule has 5 nitrogen and oxygen atoms in total. The summed E-state index contributed by atoms with van der Waals surface area (Å²) in [5, 5.41) is 16.5. The van der Waals surface area contributed by atoms with E-state index in [1.165, 1.54) is 0 Å². The van der Waals surface area contributed by atoms with Gasteiger partial charge in [0.15, 0.2) is 0 Å². The average molecular weight is 194 g/mol. The molecule has 0 N–H and O–H groups in total. The summed E-state index contributed by atoms with van der Waals surface area (Å²) in [4.78, 5) is 0. The molecule has 0 saturated carbocycles. The predicted molar refractivity (Wildman–Crippen MR) is 50.4 cm³/mol. The van der Waals surface area contributed by atoms with Crippen molar-refractivity contribution in [3.63, 3.8) is 0 Å². The molecule has 0 saturated heterocycles. The van der Waals surface area contributed by atoms with Crippen LogP contribution in [0.1, 0.15) is 31.3 Å². The van der Waals surface area contributed by atoms with E-state index in [1.54, 1.807) is 11.8 Å². The van der Waals surface area contributed by atoms with Crippen LogP contribution in [0.4, 0.5) is 0 Å². The first-order valence-corrected chi connectivity index (χ1v) is 4.49.